The summed E-state index contributed by atoms with van der Waals surface area (Å²) in [6, 6.07) is 12.0. The Kier molecular flexibility index (Phi) is 3.71. The third-order valence-corrected chi connectivity index (χ3v) is 7.59. The van der Waals surface area contributed by atoms with Crippen LogP contribution in [-0.2, 0) is 19.9 Å². The molecule has 0 aliphatic carbocycles. The largest absolute Gasteiger partial charge is 0.324 e. The molecule has 0 saturated carbocycles. The summed E-state index contributed by atoms with van der Waals surface area (Å²) in [6.07, 6.45) is 1.66. The minimum Gasteiger partial charge on any atom is -0.324 e. The zero-order chi connectivity index (χ0) is 20.8. The number of hydrogen-bond acceptors (Lipinski definition) is 4. The summed E-state index contributed by atoms with van der Waals surface area (Å²) in [7, 11) is 0. The predicted molar refractivity (Wildman–Crippen MR) is 112 cm³/mol. The number of hydrogen-bond donors (Lipinski definition) is 1. The highest BCUT2D eigenvalue weighted by atomic mass is 35.5. The van der Waals surface area contributed by atoms with Gasteiger partial charge in [-0.3, -0.25) is 19.3 Å². The number of carbonyl (C=O) groups is 3. The third kappa shape index (κ3) is 2.02. The Balaban J connectivity index is 1.56. The average Bonchev–Trinajstić information content (AvgIpc) is 3.41. The van der Waals surface area contributed by atoms with Crippen molar-refractivity contribution in [3.63, 3.8) is 0 Å². The first kappa shape index (κ1) is 18.4. The molecule has 0 unspecified atom stereocenters. The van der Waals surface area contributed by atoms with Gasteiger partial charge in [-0.15, -0.1) is 0 Å². The second kappa shape index (κ2) is 6.06. The van der Waals surface area contributed by atoms with Crippen molar-refractivity contribution in [3.05, 3.63) is 58.1 Å². The number of para-hydroxylation sites is 1. The number of nitrogens with one attached hydrogen (secondary N) is 1. The van der Waals surface area contributed by atoms with Crippen molar-refractivity contribution in [2.24, 2.45) is 11.8 Å². The van der Waals surface area contributed by atoms with E-state index in [0.717, 1.165) is 18.4 Å². The summed E-state index contributed by atoms with van der Waals surface area (Å²) in [4.78, 5) is 44.1. The van der Waals surface area contributed by atoms with E-state index < -0.39 is 17.4 Å². The van der Waals surface area contributed by atoms with Gasteiger partial charge in [-0.2, -0.15) is 0 Å². The van der Waals surface area contributed by atoms with Crippen molar-refractivity contribution in [3.8, 4) is 0 Å². The highest BCUT2D eigenvalue weighted by molar-refractivity contribution is 6.38. The van der Waals surface area contributed by atoms with Crippen LogP contribution in [0.2, 0.25) is 10.0 Å². The number of amides is 3. The van der Waals surface area contributed by atoms with Crippen LogP contribution < -0.4 is 10.2 Å². The van der Waals surface area contributed by atoms with Crippen molar-refractivity contribution in [1.82, 2.24) is 4.90 Å². The van der Waals surface area contributed by atoms with Gasteiger partial charge in [0.25, 0.3) is 0 Å². The van der Waals surface area contributed by atoms with E-state index in [1.807, 2.05) is 24.3 Å². The quantitative estimate of drug-likeness (QED) is 0.688. The number of nitrogens with zero attached hydrogens (tertiary/aromatic N) is 2. The van der Waals surface area contributed by atoms with Gasteiger partial charge in [0, 0.05) is 22.3 Å². The summed E-state index contributed by atoms with van der Waals surface area (Å²) < 4.78 is 0. The van der Waals surface area contributed by atoms with Gasteiger partial charge >= 0.3 is 0 Å². The van der Waals surface area contributed by atoms with E-state index in [1.54, 1.807) is 12.1 Å². The normalized spacial score (nSPS) is 32.0. The Morgan fingerprint density at radius 3 is 2.63 bits per heavy atom. The molecule has 6 nitrogen and oxygen atoms in total. The zero-order valence-electron chi connectivity index (χ0n) is 15.8. The first-order chi connectivity index (χ1) is 14.5. The molecule has 2 aromatic rings. The Morgan fingerprint density at radius 2 is 1.83 bits per heavy atom. The zero-order valence-corrected chi connectivity index (χ0v) is 17.3. The molecule has 0 aromatic heterocycles. The SMILES string of the molecule is O=C1[C@@H]2[C@@H]3CCCN3[C@]3(C(=O)Nc4ccccc43)[C@H]2C(=O)N1c1ccc(Cl)cc1Cl. The van der Waals surface area contributed by atoms with Gasteiger partial charge in [-0.05, 0) is 43.7 Å². The molecule has 4 heterocycles. The fourth-order valence-electron chi connectivity index (χ4n) is 6.06. The summed E-state index contributed by atoms with van der Waals surface area (Å²) in [6.45, 7) is 0.682. The summed E-state index contributed by atoms with van der Waals surface area (Å²) in [5, 5.41) is 3.61. The fourth-order valence-corrected chi connectivity index (χ4v) is 6.55. The van der Waals surface area contributed by atoms with E-state index in [0.29, 0.717) is 22.9 Å². The molecule has 1 spiro atoms. The summed E-state index contributed by atoms with van der Waals surface area (Å²) in [5.41, 5.74) is 0.636. The molecule has 4 atom stereocenters. The molecule has 0 radical (unpaired) electrons. The van der Waals surface area contributed by atoms with Gasteiger partial charge in [-0.1, -0.05) is 41.4 Å². The maximum atomic E-state index is 13.8. The number of halogens is 2. The molecule has 3 saturated heterocycles. The molecule has 3 amide bonds. The van der Waals surface area contributed by atoms with Crippen LogP contribution in [-0.4, -0.2) is 35.2 Å². The van der Waals surface area contributed by atoms with Crippen molar-refractivity contribution in [2.75, 3.05) is 16.8 Å². The topological polar surface area (TPSA) is 69.7 Å². The molecule has 4 aliphatic heterocycles. The van der Waals surface area contributed by atoms with Crippen molar-refractivity contribution in [2.45, 2.75) is 24.4 Å². The standard InChI is InChI=1S/C22H17Cl2N3O3/c23-11-7-8-15(13(24)10-11)27-19(28)17-16-6-3-9-26(16)22(18(17)20(27)29)12-4-1-2-5-14(12)25-21(22)30/h1-2,4-5,7-8,10,16-18H,3,6,9H2,(H,25,30)/t16-,17+,18+,22-/m0/s1. The van der Waals surface area contributed by atoms with Crippen LogP contribution in [0.3, 0.4) is 0 Å². The molecule has 4 aliphatic rings. The number of fused-ring (bicyclic) bond motifs is 7. The summed E-state index contributed by atoms with van der Waals surface area (Å²) in [5.74, 6) is -2.27. The Bertz CT molecular complexity index is 1150. The number of imide groups is 1. The van der Waals surface area contributed by atoms with Gasteiger partial charge in [0.05, 0.1) is 22.5 Å². The van der Waals surface area contributed by atoms with Crippen LogP contribution in [0.4, 0.5) is 11.4 Å². The van der Waals surface area contributed by atoms with E-state index in [4.69, 9.17) is 23.2 Å². The number of rotatable bonds is 1. The van der Waals surface area contributed by atoms with Crippen LogP contribution >= 0.6 is 23.2 Å². The van der Waals surface area contributed by atoms with Crippen LogP contribution in [0.25, 0.3) is 0 Å². The first-order valence-corrected chi connectivity index (χ1v) is 10.7. The van der Waals surface area contributed by atoms with Crippen LogP contribution in [0, 0.1) is 11.8 Å². The number of anilines is 2. The van der Waals surface area contributed by atoms with Crippen LogP contribution in [0.5, 0.6) is 0 Å². The lowest BCUT2D eigenvalue weighted by Gasteiger charge is -2.36. The molecule has 8 heteroatoms. The average molecular weight is 442 g/mol. The highest BCUT2D eigenvalue weighted by Gasteiger charge is 2.74. The lowest BCUT2D eigenvalue weighted by atomic mass is 9.75. The molecule has 6 rings (SSSR count). The van der Waals surface area contributed by atoms with E-state index in [9.17, 15) is 14.4 Å². The molecular formula is C22H17Cl2N3O3. The predicted octanol–water partition coefficient (Wildman–Crippen LogP) is 3.42. The van der Waals surface area contributed by atoms with E-state index >= 15 is 0 Å². The minimum atomic E-state index is -1.16. The molecule has 1 N–H and O–H groups in total. The Labute approximate surface area is 182 Å². The van der Waals surface area contributed by atoms with Crippen molar-refractivity contribution < 1.29 is 14.4 Å². The first-order valence-electron chi connectivity index (χ1n) is 9.97. The monoisotopic (exact) mass is 441 g/mol. The second-order valence-corrected chi connectivity index (χ2v) is 9.12. The fraction of sp³-hybridized carbons (Fsp3) is 0.318. The molecule has 30 heavy (non-hydrogen) atoms. The summed E-state index contributed by atoms with van der Waals surface area (Å²) >= 11 is 12.4. The minimum absolute atomic E-state index is 0.153. The molecule has 0 bridgehead atoms. The second-order valence-electron chi connectivity index (χ2n) is 8.28. The number of benzene rings is 2. The van der Waals surface area contributed by atoms with E-state index in [1.165, 1.54) is 11.0 Å². The number of carbonyl (C=O) groups excluding carboxylic acids is 3. The Morgan fingerprint density at radius 1 is 1.03 bits per heavy atom. The highest BCUT2D eigenvalue weighted by Crippen LogP contribution is 2.60. The van der Waals surface area contributed by atoms with E-state index in [-0.39, 0.29) is 28.8 Å². The molecule has 3 fully saturated rings. The van der Waals surface area contributed by atoms with Gasteiger partial charge in [-0.25, -0.2) is 4.90 Å². The van der Waals surface area contributed by atoms with E-state index in [2.05, 4.69) is 10.2 Å². The van der Waals surface area contributed by atoms with Gasteiger partial charge in [0.1, 0.15) is 5.54 Å². The van der Waals surface area contributed by atoms with Gasteiger partial charge in [0.15, 0.2) is 0 Å². The molecule has 152 valence electrons. The van der Waals surface area contributed by atoms with Crippen LogP contribution in [0.1, 0.15) is 18.4 Å². The lowest BCUT2D eigenvalue weighted by Crippen LogP contribution is -2.54. The van der Waals surface area contributed by atoms with Crippen molar-refractivity contribution in [1.29, 1.82) is 0 Å². The third-order valence-electron chi connectivity index (χ3n) is 7.05. The molecular weight excluding hydrogens is 425 g/mol. The van der Waals surface area contributed by atoms with Crippen LogP contribution in [0.15, 0.2) is 42.5 Å². The maximum absolute atomic E-state index is 13.8. The maximum Gasteiger partial charge on any atom is 0.250 e. The lowest BCUT2D eigenvalue weighted by molar-refractivity contribution is -0.135. The van der Waals surface area contributed by atoms with Gasteiger partial charge in [0.2, 0.25) is 17.7 Å². The molecule has 2 aromatic carbocycles. The van der Waals surface area contributed by atoms with Crippen molar-refractivity contribution >= 4 is 52.3 Å². The Hall–Kier alpha value is -2.41. The smallest absolute Gasteiger partial charge is 0.250 e. The van der Waals surface area contributed by atoms with Gasteiger partial charge < -0.3 is 5.32 Å².